The molecule has 3 nitrogen and oxygen atoms in total. The molecule has 0 N–H and O–H groups in total. The van der Waals surface area contributed by atoms with Crippen molar-refractivity contribution in [2.75, 3.05) is 19.8 Å². The molecule has 0 aromatic heterocycles. The van der Waals surface area contributed by atoms with Crippen LogP contribution in [0.3, 0.4) is 0 Å². The fraction of sp³-hybridized carbons (Fsp3) is 0.500. The molecule has 1 aromatic rings. The van der Waals surface area contributed by atoms with Crippen LogP contribution in [0.5, 0.6) is 0 Å². The van der Waals surface area contributed by atoms with Gasteiger partial charge in [0.1, 0.15) is 0 Å². The summed E-state index contributed by atoms with van der Waals surface area (Å²) in [6.07, 6.45) is 0. The Balaban J connectivity index is 0.00000289. The van der Waals surface area contributed by atoms with Crippen LogP contribution < -0.4 is 34.0 Å². The van der Waals surface area contributed by atoms with Gasteiger partial charge in [-0.1, -0.05) is 0 Å². The molecular formula is C12H20BNaO3Se. The summed E-state index contributed by atoms with van der Waals surface area (Å²) in [5, 5.41) is 0. The topological polar surface area (TPSA) is 27.7 Å². The van der Waals surface area contributed by atoms with Crippen molar-refractivity contribution >= 4 is 24.8 Å². The Kier molecular flexibility index (Phi) is 10.9. The Labute approximate surface area is 138 Å². The summed E-state index contributed by atoms with van der Waals surface area (Å²) >= 11 is 0.0310. The molecule has 0 spiro atoms. The molecule has 0 saturated carbocycles. The normalized spacial score (nSPS) is 11.1. The molecule has 0 fully saturated rings. The summed E-state index contributed by atoms with van der Waals surface area (Å²) in [6, 6.07) is 10.3. The van der Waals surface area contributed by atoms with E-state index in [0.29, 0.717) is 19.8 Å². The molecular weight excluding hydrogens is 305 g/mol. The van der Waals surface area contributed by atoms with E-state index in [1.807, 2.05) is 39.0 Å². The second-order valence-corrected chi connectivity index (χ2v) is 6.07. The fourth-order valence-electron chi connectivity index (χ4n) is 1.52. The maximum absolute atomic E-state index is 5.76. The minimum absolute atomic E-state index is 0. The van der Waals surface area contributed by atoms with Crippen molar-refractivity contribution in [1.82, 2.24) is 0 Å². The van der Waals surface area contributed by atoms with E-state index in [-0.39, 0.29) is 44.3 Å². The van der Waals surface area contributed by atoms with Crippen LogP contribution in [0.15, 0.2) is 30.3 Å². The zero-order chi connectivity index (χ0) is 12.6. The van der Waals surface area contributed by atoms with Crippen LogP contribution >= 0.6 is 0 Å². The minimum Gasteiger partial charge on any atom is 1.00 e. The van der Waals surface area contributed by atoms with Crippen molar-refractivity contribution in [3.05, 3.63) is 30.3 Å². The van der Waals surface area contributed by atoms with Gasteiger partial charge in [-0.2, -0.15) is 0 Å². The molecule has 0 aliphatic heterocycles. The molecule has 1 rings (SSSR count). The second-order valence-electron chi connectivity index (χ2n) is 3.37. The number of hydrogen-bond acceptors (Lipinski definition) is 3. The molecule has 0 aliphatic rings. The van der Waals surface area contributed by atoms with Crippen molar-refractivity contribution in [2.24, 2.45) is 0 Å². The maximum Gasteiger partial charge on any atom is 1.00 e. The Hall–Kier alpha value is 0.684. The molecule has 0 heterocycles. The van der Waals surface area contributed by atoms with Gasteiger partial charge in [-0.25, -0.2) is 0 Å². The van der Waals surface area contributed by atoms with Crippen LogP contribution in [0.4, 0.5) is 0 Å². The van der Waals surface area contributed by atoms with E-state index < -0.39 is 5.57 Å². The fourth-order valence-corrected chi connectivity index (χ4v) is 4.17. The first-order valence-corrected chi connectivity index (χ1v) is 7.89. The summed E-state index contributed by atoms with van der Waals surface area (Å²) in [7, 11) is 0. The molecule has 0 unspecified atom stereocenters. The SMILES string of the molecule is CCO[B-](OCC)(OCC)[Se]c1ccccc1.[Na+]. The second kappa shape index (κ2) is 10.5. The predicted molar refractivity (Wildman–Crippen MR) is 72.5 cm³/mol. The van der Waals surface area contributed by atoms with E-state index in [4.69, 9.17) is 14.0 Å². The zero-order valence-electron chi connectivity index (χ0n) is 11.7. The Bertz CT molecular complexity index is 296. The van der Waals surface area contributed by atoms with Gasteiger partial charge in [-0.3, -0.25) is 0 Å². The van der Waals surface area contributed by atoms with E-state index in [0.717, 1.165) is 0 Å². The average Bonchev–Trinajstić information content (AvgIpc) is 2.31. The third kappa shape index (κ3) is 6.22. The van der Waals surface area contributed by atoms with Crippen LogP contribution in [0.2, 0.25) is 0 Å². The Morgan fingerprint density at radius 1 is 0.889 bits per heavy atom. The molecule has 0 radical (unpaired) electrons. The number of hydrogen-bond donors (Lipinski definition) is 0. The van der Waals surface area contributed by atoms with Crippen LogP contribution in [-0.4, -0.2) is 40.2 Å². The molecule has 0 aliphatic carbocycles. The summed E-state index contributed by atoms with van der Waals surface area (Å²) in [6.45, 7) is 7.72. The van der Waals surface area contributed by atoms with Crippen molar-refractivity contribution in [3.8, 4) is 0 Å². The molecule has 6 heteroatoms. The van der Waals surface area contributed by atoms with Crippen molar-refractivity contribution in [2.45, 2.75) is 20.8 Å². The third-order valence-electron chi connectivity index (χ3n) is 2.14. The van der Waals surface area contributed by atoms with E-state index in [9.17, 15) is 0 Å². The van der Waals surface area contributed by atoms with Gasteiger partial charge in [0.25, 0.3) is 0 Å². The molecule has 18 heavy (non-hydrogen) atoms. The number of rotatable bonds is 8. The monoisotopic (exact) mass is 326 g/mol. The first kappa shape index (κ1) is 18.7. The average molecular weight is 325 g/mol. The smallest absolute Gasteiger partial charge is 1.00 e. The Morgan fingerprint density at radius 3 is 1.72 bits per heavy atom. The van der Waals surface area contributed by atoms with Gasteiger partial charge >= 0.3 is 139 Å². The summed E-state index contributed by atoms with van der Waals surface area (Å²) < 4.78 is 18.5. The number of benzene rings is 1. The van der Waals surface area contributed by atoms with Crippen molar-refractivity contribution < 1.29 is 43.5 Å². The van der Waals surface area contributed by atoms with Gasteiger partial charge in [-0.05, 0) is 0 Å². The molecule has 0 saturated heterocycles. The van der Waals surface area contributed by atoms with Crippen LogP contribution in [-0.2, 0) is 14.0 Å². The molecule has 0 atom stereocenters. The first-order chi connectivity index (χ1) is 8.26. The van der Waals surface area contributed by atoms with Gasteiger partial charge in [0.15, 0.2) is 0 Å². The zero-order valence-corrected chi connectivity index (χ0v) is 15.4. The predicted octanol–water partition coefficient (Wildman–Crippen LogP) is -1.43. The van der Waals surface area contributed by atoms with Crippen LogP contribution in [0.25, 0.3) is 0 Å². The standard InChI is InChI=1S/C12H20BO3Se.Na/c1-4-14-13(15-5-2,16-6-3)17-12-10-8-7-9-11-12;/h7-11H,4-6H2,1-3H3;/q-1;+1. The van der Waals surface area contributed by atoms with E-state index in [1.165, 1.54) is 4.46 Å². The minimum atomic E-state index is -1.60. The summed E-state index contributed by atoms with van der Waals surface area (Å²) in [5.74, 6) is 0. The molecule has 96 valence electrons. The van der Waals surface area contributed by atoms with E-state index >= 15 is 0 Å². The molecule has 1 aromatic carbocycles. The van der Waals surface area contributed by atoms with Gasteiger partial charge in [0.05, 0.1) is 0 Å². The summed E-state index contributed by atoms with van der Waals surface area (Å²) in [5.41, 5.74) is -1.60. The molecule has 0 amide bonds. The van der Waals surface area contributed by atoms with Crippen molar-refractivity contribution in [3.63, 3.8) is 0 Å². The van der Waals surface area contributed by atoms with Gasteiger partial charge < -0.3 is 0 Å². The van der Waals surface area contributed by atoms with Gasteiger partial charge in [-0.15, -0.1) is 0 Å². The molecule has 0 bridgehead atoms. The van der Waals surface area contributed by atoms with Crippen LogP contribution in [0, 0.1) is 0 Å². The third-order valence-corrected chi connectivity index (χ3v) is 4.74. The quantitative estimate of drug-likeness (QED) is 0.549. The maximum atomic E-state index is 5.76. The van der Waals surface area contributed by atoms with E-state index in [2.05, 4.69) is 12.1 Å². The van der Waals surface area contributed by atoms with E-state index in [1.54, 1.807) is 0 Å². The van der Waals surface area contributed by atoms with Crippen LogP contribution in [0.1, 0.15) is 20.8 Å². The largest absolute Gasteiger partial charge is 1.00 e. The van der Waals surface area contributed by atoms with Gasteiger partial charge in [0.2, 0.25) is 0 Å². The first-order valence-electron chi connectivity index (χ1n) is 6.04. The Morgan fingerprint density at radius 2 is 1.33 bits per heavy atom. The summed E-state index contributed by atoms with van der Waals surface area (Å²) in [4.78, 5) is 0. The van der Waals surface area contributed by atoms with Crippen molar-refractivity contribution in [1.29, 1.82) is 0 Å². The van der Waals surface area contributed by atoms with Gasteiger partial charge in [0, 0.05) is 0 Å².